The van der Waals surface area contributed by atoms with E-state index in [-0.39, 0.29) is 0 Å². The van der Waals surface area contributed by atoms with E-state index in [0.29, 0.717) is 11.7 Å². The second kappa shape index (κ2) is 4.35. The highest BCUT2D eigenvalue weighted by Gasteiger charge is 2.18. The Balaban J connectivity index is 2.20. The van der Waals surface area contributed by atoms with Crippen molar-refractivity contribution in [1.82, 2.24) is 0 Å². The molecule has 0 N–H and O–H groups in total. The van der Waals surface area contributed by atoms with Crippen molar-refractivity contribution in [3.05, 3.63) is 29.3 Å². The topological polar surface area (TPSA) is 33.0 Å². The van der Waals surface area contributed by atoms with Crippen molar-refractivity contribution in [1.29, 1.82) is 5.26 Å². The van der Waals surface area contributed by atoms with E-state index in [2.05, 4.69) is 6.07 Å². The summed E-state index contributed by atoms with van der Waals surface area (Å²) >= 11 is 0. The maximum atomic E-state index is 9.04. The standard InChI is InChI=1S/C13H15NO/c1-10-5-4-8-13(12(10)9-14)15-11-6-2-3-7-11/h4-5,8,11H,2-3,6-7H2,1H3. The fourth-order valence-electron chi connectivity index (χ4n) is 2.07. The Bertz CT molecular complexity index is 386. The highest BCUT2D eigenvalue weighted by Crippen LogP contribution is 2.27. The van der Waals surface area contributed by atoms with Crippen LogP contribution in [0.4, 0.5) is 0 Å². The van der Waals surface area contributed by atoms with Gasteiger partial charge in [-0.15, -0.1) is 0 Å². The van der Waals surface area contributed by atoms with E-state index < -0.39 is 0 Å². The zero-order valence-electron chi connectivity index (χ0n) is 8.99. The molecule has 0 aliphatic heterocycles. The Morgan fingerprint density at radius 3 is 2.73 bits per heavy atom. The Morgan fingerprint density at radius 2 is 2.07 bits per heavy atom. The van der Waals surface area contributed by atoms with Gasteiger partial charge in [-0.1, -0.05) is 12.1 Å². The number of ether oxygens (including phenoxy) is 1. The number of benzene rings is 1. The fraction of sp³-hybridized carbons (Fsp3) is 0.462. The molecule has 15 heavy (non-hydrogen) atoms. The summed E-state index contributed by atoms with van der Waals surface area (Å²) < 4.78 is 5.86. The van der Waals surface area contributed by atoms with Crippen LogP contribution in [0.5, 0.6) is 5.75 Å². The summed E-state index contributed by atoms with van der Waals surface area (Å²) in [6, 6.07) is 7.99. The second-order valence-electron chi connectivity index (χ2n) is 4.08. The average molecular weight is 201 g/mol. The first-order valence-corrected chi connectivity index (χ1v) is 5.47. The lowest BCUT2D eigenvalue weighted by molar-refractivity contribution is 0.209. The number of aryl methyl sites for hydroxylation is 1. The van der Waals surface area contributed by atoms with Gasteiger partial charge in [0.2, 0.25) is 0 Å². The Morgan fingerprint density at radius 1 is 1.33 bits per heavy atom. The summed E-state index contributed by atoms with van der Waals surface area (Å²) in [6.45, 7) is 1.94. The van der Waals surface area contributed by atoms with Crippen LogP contribution < -0.4 is 4.74 Å². The van der Waals surface area contributed by atoms with Crippen LogP contribution in [-0.4, -0.2) is 6.10 Å². The highest BCUT2D eigenvalue weighted by molar-refractivity contribution is 5.48. The van der Waals surface area contributed by atoms with Crippen molar-refractivity contribution in [2.75, 3.05) is 0 Å². The molecule has 2 heteroatoms. The summed E-state index contributed by atoms with van der Waals surface area (Å²) in [6.07, 6.45) is 5.06. The zero-order chi connectivity index (χ0) is 10.7. The summed E-state index contributed by atoms with van der Waals surface area (Å²) in [5, 5.41) is 9.04. The molecular formula is C13H15NO. The molecule has 1 aromatic carbocycles. The van der Waals surface area contributed by atoms with Gasteiger partial charge in [-0.05, 0) is 44.2 Å². The molecule has 0 spiro atoms. The first-order valence-electron chi connectivity index (χ1n) is 5.47. The minimum atomic E-state index is 0.318. The first kappa shape index (κ1) is 10.0. The number of rotatable bonds is 2. The smallest absolute Gasteiger partial charge is 0.137 e. The van der Waals surface area contributed by atoms with Gasteiger partial charge in [-0.2, -0.15) is 5.26 Å². The van der Waals surface area contributed by atoms with Gasteiger partial charge in [0.25, 0.3) is 0 Å². The zero-order valence-corrected chi connectivity index (χ0v) is 8.99. The first-order chi connectivity index (χ1) is 7.31. The van der Waals surface area contributed by atoms with Crippen LogP contribution in [0.2, 0.25) is 0 Å². The van der Waals surface area contributed by atoms with Gasteiger partial charge in [0.15, 0.2) is 0 Å². The number of nitrogens with zero attached hydrogens (tertiary/aromatic N) is 1. The van der Waals surface area contributed by atoms with Crippen LogP contribution in [0.1, 0.15) is 36.8 Å². The number of nitriles is 1. The minimum Gasteiger partial charge on any atom is -0.489 e. The van der Waals surface area contributed by atoms with E-state index in [0.717, 1.165) is 24.2 Å². The molecule has 0 heterocycles. The number of hydrogen-bond acceptors (Lipinski definition) is 2. The highest BCUT2D eigenvalue weighted by atomic mass is 16.5. The summed E-state index contributed by atoms with van der Waals surface area (Å²) in [5.41, 5.74) is 1.68. The second-order valence-corrected chi connectivity index (χ2v) is 4.08. The van der Waals surface area contributed by atoms with Crippen LogP contribution in [0, 0.1) is 18.3 Å². The van der Waals surface area contributed by atoms with Gasteiger partial charge in [-0.25, -0.2) is 0 Å². The van der Waals surface area contributed by atoms with Crippen LogP contribution in [0.15, 0.2) is 18.2 Å². The molecule has 1 aliphatic rings. The predicted molar refractivity (Wildman–Crippen MR) is 58.8 cm³/mol. The lowest BCUT2D eigenvalue weighted by Gasteiger charge is -2.14. The number of hydrogen-bond donors (Lipinski definition) is 0. The molecule has 1 saturated carbocycles. The SMILES string of the molecule is Cc1cccc(OC2CCCC2)c1C#N. The van der Waals surface area contributed by atoms with Gasteiger partial charge in [0, 0.05) is 0 Å². The van der Waals surface area contributed by atoms with E-state index in [1.54, 1.807) is 0 Å². The van der Waals surface area contributed by atoms with E-state index in [9.17, 15) is 0 Å². The lowest BCUT2D eigenvalue weighted by atomic mass is 10.1. The average Bonchev–Trinajstić information content (AvgIpc) is 2.71. The molecule has 2 nitrogen and oxygen atoms in total. The van der Waals surface area contributed by atoms with Crippen LogP contribution in [0.25, 0.3) is 0 Å². The quantitative estimate of drug-likeness (QED) is 0.736. The molecule has 0 atom stereocenters. The van der Waals surface area contributed by atoms with Gasteiger partial charge in [-0.3, -0.25) is 0 Å². The maximum Gasteiger partial charge on any atom is 0.137 e. The Hall–Kier alpha value is -1.49. The molecule has 0 saturated heterocycles. The van der Waals surface area contributed by atoms with Crippen molar-refractivity contribution in [3.63, 3.8) is 0 Å². The van der Waals surface area contributed by atoms with E-state index in [1.165, 1.54) is 12.8 Å². The van der Waals surface area contributed by atoms with Crippen molar-refractivity contribution < 1.29 is 4.74 Å². The molecule has 2 rings (SSSR count). The molecule has 0 radical (unpaired) electrons. The van der Waals surface area contributed by atoms with Crippen LogP contribution in [-0.2, 0) is 0 Å². The van der Waals surface area contributed by atoms with Gasteiger partial charge < -0.3 is 4.74 Å². The van der Waals surface area contributed by atoms with Crippen molar-refractivity contribution in [2.24, 2.45) is 0 Å². The maximum absolute atomic E-state index is 9.04. The third-order valence-corrected chi connectivity index (χ3v) is 2.94. The van der Waals surface area contributed by atoms with Gasteiger partial charge >= 0.3 is 0 Å². The van der Waals surface area contributed by atoms with E-state index >= 15 is 0 Å². The van der Waals surface area contributed by atoms with E-state index in [4.69, 9.17) is 10.00 Å². The van der Waals surface area contributed by atoms with Gasteiger partial charge in [0.1, 0.15) is 11.8 Å². The summed E-state index contributed by atoms with van der Waals surface area (Å²) in [7, 11) is 0. The van der Waals surface area contributed by atoms with Crippen LogP contribution >= 0.6 is 0 Å². The summed E-state index contributed by atoms with van der Waals surface area (Å²) in [5.74, 6) is 0.754. The third-order valence-electron chi connectivity index (χ3n) is 2.94. The molecule has 0 amide bonds. The molecular weight excluding hydrogens is 186 g/mol. The Labute approximate surface area is 90.5 Å². The van der Waals surface area contributed by atoms with E-state index in [1.807, 2.05) is 25.1 Å². The molecule has 0 unspecified atom stereocenters. The predicted octanol–water partition coefficient (Wildman–Crippen LogP) is 3.19. The lowest BCUT2D eigenvalue weighted by Crippen LogP contribution is -2.11. The monoisotopic (exact) mass is 201 g/mol. The van der Waals surface area contributed by atoms with Crippen molar-refractivity contribution in [2.45, 2.75) is 38.7 Å². The fourth-order valence-corrected chi connectivity index (χ4v) is 2.07. The normalized spacial score (nSPS) is 16.3. The molecule has 1 aliphatic carbocycles. The summed E-state index contributed by atoms with van der Waals surface area (Å²) in [4.78, 5) is 0. The van der Waals surface area contributed by atoms with Gasteiger partial charge in [0.05, 0.1) is 11.7 Å². The largest absolute Gasteiger partial charge is 0.489 e. The molecule has 0 bridgehead atoms. The molecule has 0 aromatic heterocycles. The minimum absolute atomic E-state index is 0.318. The molecule has 1 fully saturated rings. The molecule has 78 valence electrons. The van der Waals surface area contributed by atoms with Crippen molar-refractivity contribution >= 4 is 0 Å². The van der Waals surface area contributed by atoms with Crippen molar-refractivity contribution in [3.8, 4) is 11.8 Å². The van der Waals surface area contributed by atoms with Crippen LogP contribution in [0.3, 0.4) is 0 Å². The molecule has 1 aromatic rings. The third kappa shape index (κ3) is 2.12. The Kier molecular flexibility index (Phi) is 2.91.